The second kappa shape index (κ2) is 7.90. The second-order valence-corrected chi connectivity index (χ2v) is 6.25. The third kappa shape index (κ3) is 4.08. The summed E-state index contributed by atoms with van der Waals surface area (Å²) in [5.41, 5.74) is 3.63. The highest BCUT2D eigenvalue weighted by atomic mass is 16.2. The molecule has 3 amide bonds. The average Bonchev–Trinajstić information content (AvgIpc) is 2.97. The van der Waals surface area contributed by atoms with Gasteiger partial charge in [0.05, 0.1) is 11.0 Å². The second-order valence-electron chi connectivity index (χ2n) is 6.25. The zero-order chi connectivity index (χ0) is 19.4. The van der Waals surface area contributed by atoms with Crippen molar-refractivity contribution >= 4 is 28.7 Å². The molecule has 3 rings (SSSR count). The van der Waals surface area contributed by atoms with Crippen molar-refractivity contribution in [1.82, 2.24) is 20.2 Å². The van der Waals surface area contributed by atoms with Crippen LogP contribution < -0.4 is 16.0 Å². The van der Waals surface area contributed by atoms with Crippen molar-refractivity contribution < 1.29 is 9.59 Å². The van der Waals surface area contributed by atoms with Crippen LogP contribution in [0.1, 0.15) is 19.7 Å². The number of carbonyl (C=O) groups is 2. The molecule has 0 unspecified atom stereocenters. The fourth-order valence-corrected chi connectivity index (χ4v) is 2.93. The van der Waals surface area contributed by atoms with Crippen LogP contribution in [0.2, 0.25) is 0 Å². The van der Waals surface area contributed by atoms with E-state index in [-0.39, 0.29) is 0 Å². The highest BCUT2D eigenvalue weighted by Gasteiger charge is 2.16. The number of hydrogen-bond donors (Lipinski definition) is 3. The van der Waals surface area contributed by atoms with Gasteiger partial charge in [0.15, 0.2) is 0 Å². The van der Waals surface area contributed by atoms with E-state index in [0.29, 0.717) is 6.54 Å². The third-order valence-corrected chi connectivity index (χ3v) is 4.19. The van der Waals surface area contributed by atoms with Gasteiger partial charge < -0.3 is 10.6 Å². The van der Waals surface area contributed by atoms with Crippen LogP contribution in [-0.2, 0) is 4.79 Å². The maximum Gasteiger partial charge on any atom is 0.321 e. The zero-order valence-electron chi connectivity index (χ0n) is 15.6. The first-order chi connectivity index (χ1) is 13.0. The highest BCUT2D eigenvalue weighted by molar-refractivity contribution is 5.98. The van der Waals surface area contributed by atoms with Crippen LogP contribution in [0.3, 0.4) is 0 Å². The number of anilines is 1. The molecular formula is C20H23N5O2. The number of fused-ring (bicyclic) bond motifs is 1. The fourth-order valence-electron chi connectivity index (χ4n) is 2.93. The summed E-state index contributed by atoms with van der Waals surface area (Å²) in [4.78, 5) is 28.2. The number of para-hydroxylation sites is 1. The lowest BCUT2D eigenvalue weighted by Gasteiger charge is -2.15. The molecule has 140 valence electrons. The Hall–Kier alpha value is -3.35. The molecule has 0 bridgehead atoms. The lowest BCUT2D eigenvalue weighted by molar-refractivity contribution is -0.120. The van der Waals surface area contributed by atoms with Crippen molar-refractivity contribution in [3.05, 3.63) is 54.4 Å². The van der Waals surface area contributed by atoms with Gasteiger partial charge >= 0.3 is 6.03 Å². The number of rotatable bonds is 5. The van der Waals surface area contributed by atoms with Crippen LogP contribution in [0.4, 0.5) is 10.5 Å². The van der Waals surface area contributed by atoms with Gasteiger partial charge in [0.1, 0.15) is 11.9 Å². The molecule has 1 aromatic heterocycles. The number of imidazole rings is 1. The Kier molecular flexibility index (Phi) is 5.40. The molecule has 3 N–H and O–H groups in total. The number of nitrogens with zero attached hydrogens (tertiary/aromatic N) is 2. The van der Waals surface area contributed by atoms with Crippen molar-refractivity contribution in [2.75, 3.05) is 11.9 Å². The van der Waals surface area contributed by atoms with Gasteiger partial charge in [-0.1, -0.05) is 18.2 Å². The van der Waals surface area contributed by atoms with E-state index in [1.165, 1.54) is 0 Å². The summed E-state index contributed by atoms with van der Waals surface area (Å²) in [6, 6.07) is 14.7. The van der Waals surface area contributed by atoms with Crippen LogP contribution in [0.25, 0.3) is 16.7 Å². The number of nitrogens with one attached hydrogen (secondary N) is 3. The van der Waals surface area contributed by atoms with E-state index in [1.54, 1.807) is 13.8 Å². The van der Waals surface area contributed by atoms with E-state index in [2.05, 4.69) is 25.5 Å². The quantitative estimate of drug-likeness (QED) is 0.649. The summed E-state index contributed by atoms with van der Waals surface area (Å²) in [6.07, 6.45) is 0. The average molecular weight is 365 g/mol. The van der Waals surface area contributed by atoms with E-state index < -0.39 is 18.0 Å². The molecule has 1 atom stereocenters. The third-order valence-electron chi connectivity index (χ3n) is 4.19. The molecule has 2 aromatic carbocycles. The largest absolute Gasteiger partial charge is 0.374 e. The van der Waals surface area contributed by atoms with E-state index >= 15 is 0 Å². The number of aromatic nitrogens is 2. The number of hydrogen-bond acceptors (Lipinski definition) is 4. The molecule has 27 heavy (non-hydrogen) atoms. The maximum absolute atomic E-state index is 12.1. The van der Waals surface area contributed by atoms with Crippen molar-refractivity contribution in [3.8, 4) is 5.69 Å². The predicted octanol–water partition coefficient (Wildman–Crippen LogP) is 2.98. The topological polar surface area (TPSA) is 88.1 Å². The first kappa shape index (κ1) is 18.4. The first-order valence-electron chi connectivity index (χ1n) is 8.89. The summed E-state index contributed by atoms with van der Waals surface area (Å²) >= 11 is 0. The first-order valence-corrected chi connectivity index (χ1v) is 8.89. The van der Waals surface area contributed by atoms with Crippen molar-refractivity contribution in [1.29, 1.82) is 0 Å². The van der Waals surface area contributed by atoms with E-state index in [9.17, 15) is 9.59 Å². The normalized spacial score (nSPS) is 11.8. The lowest BCUT2D eigenvalue weighted by atomic mass is 10.2. The van der Waals surface area contributed by atoms with Gasteiger partial charge in [0.25, 0.3) is 0 Å². The molecular weight excluding hydrogens is 342 g/mol. The molecule has 0 radical (unpaired) electrons. The lowest BCUT2D eigenvalue weighted by Crippen LogP contribution is -2.45. The fraction of sp³-hybridized carbons (Fsp3) is 0.250. The zero-order valence-corrected chi connectivity index (χ0v) is 15.6. The van der Waals surface area contributed by atoms with Crippen LogP contribution in [0, 0.1) is 6.92 Å². The molecule has 3 aromatic rings. The number of urea groups is 1. The van der Waals surface area contributed by atoms with Gasteiger partial charge in [-0.25, -0.2) is 9.78 Å². The Balaban J connectivity index is 1.80. The Bertz CT molecular complexity index is 965. The Morgan fingerprint density at radius 3 is 2.59 bits per heavy atom. The molecule has 0 aliphatic heterocycles. The van der Waals surface area contributed by atoms with Crippen molar-refractivity contribution in [2.45, 2.75) is 26.8 Å². The summed E-state index contributed by atoms with van der Waals surface area (Å²) in [7, 11) is 0. The number of imide groups is 1. The SMILES string of the molecule is CCNC(=O)NC(=O)[C@@H](C)Nc1ccc2c(c1)nc(C)n2-c1ccccc1. The number of aryl methyl sites for hydroxylation is 1. The number of carbonyl (C=O) groups excluding carboxylic acids is 2. The molecule has 7 nitrogen and oxygen atoms in total. The van der Waals surface area contributed by atoms with Crippen molar-refractivity contribution in [2.24, 2.45) is 0 Å². The van der Waals surface area contributed by atoms with Crippen LogP contribution in [0.5, 0.6) is 0 Å². The summed E-state index contributed by atoms with van der Waals surface area (Å²) in [5, 5.41) is 7.94. The molecule has 0 spiro atoms. The maximum atomic E-state index is 12.1. The number of benzene rings is 2. The van der Waals surface area contributed by atoms with Crippen molar-refractivity contribution in [3.63, 3.8) is 0 Å². The molecule has 0 fully saturated rings. The minimum Gasteiger partial charge on any atom is -0.374 e. The van der Waals surface area contributed by atoms with E-state index in [4.69, 9.17) is 0 Å². The molecule has 1 heterocycles. The van der Waals surface area contributed by atoms with Gasteiger partial charge in [-0.15, -0.1) is 0 Å². The molecule has 0 saturated heterocycles. The smallest absolute Gasteiger partial charge is 0.321 e. The summed E-state index contributed by atoms with van der Waals surface area (Å²) in [5.74, 6) is 0.488. The van der Waals surface area contributed by atoms with Gasteiger partial charge in [0, 0.05) is 17.9 Å². The minimum atomic E-state index is -0.567. The molecule has 0 aliphatic carbocycles. The van der Waals surface area contributed by atoms with Gasteiger partial charge in [-0.05, 0) is 51.1 Å². The Labute approximate surface area is 157 Å². The van der Waals surface area contributed by atoms with E-state index in [0.717, 1.165) is 28.2 Å². The van der Waals surface area contributed by atoms with Gasteiger partial charge in [-0.3, -0.25) is 14.7 Å². The molecule has 0 saturated carbocycles. The van der Waals surface area contributed by atoms with E-state index in [1.807, 2.05) is 55.5 Å². The Morgan fingerprint density at radius 1 is 1.15 bits per heavy atom. The van der Waals surface area contributed by atoms with Crippen LogP contribution >= 0.6 is 0 Å². The molecule has 0 aliphatic rings. The monoisotopic (exact) mass is 365 g/mol. The van der Waals surface area contributed by atoms with Crippen LogP contribution in [0.15, 0.2) is 48.5 Å². The summed E-state index contributed by atoms with van der Waals surface area (Å²) in [6.45, 7) is 5.91. The Morgan fingerprint density at radius 2 is 1.89 bits per heavy atom. The van der Waals surface area contributed by atoms with Gasteiger partial charge in [0.2, 0.25) is 5.91 Å². The highest BCUT2D eigenvalue weighted by Crippen LogP contribution is 2.24. The molecule has 7 heteroatoms. The summed E-state index contributed by atoms with van der Waals surface area (Å²) < 4.78 is 2.09. The minimum absolute atomic E-state index is 0.396. The van der Waals surface area contributed by atoms with Crippen LogP contribution in [-0.4, -0.2) is 34.1 Å². The number of amides is 3. The van der Waals surface area contributed by atoms with Gasteiger partial charge in [-0.2, -0.15) is 0 Å². The predicted molar refractivity (Wildman–Crippen MR) is 106 cm³/mol. The standard InChI is InChI=1S/C20H23N5O2/c1-4-21-20(27)24-19(26)13(2)22-15-10-11-18-17(12-15)23-14(3)25(18)16-8-6-5-7-9-16/h5-13,22H,4H2,1-3H3,(H2,21,24,26,27)/t13-/m1/s1.